The average Bonchev–Trinajstić information content (AvgIpc) is 2.47. The summed E-state index contributed by atoms with van der Waals surface area (Å²) in [6.07, 6.45) is 1.97. The predicted molar refractivity (Wildman–Crippen MR) is 74.7 cm³/mol. The third-order valence-corrected chi connectivity index (χ3v) is 3.86. The Labute approximate surface area is 115 Å². The molecule has 4 heteroatoms. The molecular weight excluding hydrogens is 263 g/mol. The van der Waals surface area contributed by atoms with Crippen molar-refractivity contribution in [1.29, 1.82) is 0 Å². The van der Waals surface area contributed by atoms with Crippen LogP contribution >= 0.6 is 11.8 Å². The van der Waals surface area contributed by atoms with Gasteiger partial charge in [0.05, 0.1) is 6.61 Å². The van der Waals surface area contributed by atoms with Crippen LogP contribution in [-0.4, -0.2) is 23.1 Å². The molecule has 2 N–H and O–H groups in total. The molecule has 0 unspecified atom stereocenters. The highest BCUT2D eigenvalue weighted by Crippen LogP contribution is 2.30. The van der Waals surface area contributed by atoms with Crippen molar-refractivity contribution in [3.63, 3.8) is 0 Å². The summed E-state index contributed by atoms with van der Waals surface area (Å²) in [6, 6.07) is 12.8. The van der Waals surface area contributed by atoms with Crippen LogP contribution in [0.1, 0.15) is 11.1 Å². The van der Waals surface area contributed by atoms with Crippen LogP contribution in [0.5, 0.6) is 0 Å². The molecule has 0 spiro atoms. The maximum absolute atomic E-state index is 12.9. The Morgan fingerprint density at radius 1 is 1.00 bits per heavy atom. The quantitative estimate of drug-likeness (QED) is 0.845. The third kappa shape index (κ3) is 2.81. The van der Waals surface area contributed by atoms with Gasteiger partial charge in [-0.3, -0.25) is 0 Å². The molecule has 0 radical (unpaired) electrons. The highest BCUT2D eigenvalue weighted by atomic mass is 32.2. The second kappa shape index (κ2) is 5.74. The molecule has 0 aromatic heterocycles. The summed E-state index contributed by atoms with van der Waals surface area (Å²) in [5, 5.41) is 20.2. The van der Waals surface area contributed by atoms with Gasteiger partial charge in [-0.15, -0.1) is 11.8 Å². The van der Waals surface area contributed by atoms with Crippen LogP contribution in [0.15, 0.2) is 53.4 Å². The summed E-state index contributed by atoms with van der Waals surface area (Å²) in [4.78, 5) is 1.07. The number of halogens is 1. The number of aliphatic hydroxyl groups excluding tert-OH is 1. The van der Waals surface area contributed by atoms with Gasteiger partial charge in [-0.05, 0) is 41.6 Å². The molecule has 1 atom stereocenters. The van der Waals surface area contributed by atoms with Gasteiger partial charge >= 0.3 is 0 Å². The lowest BCUT2D eigenvalue weighted by Gasteiger charge is -2.27. The maximum Gasteiger partial charge on any atom is 0.138 e. The molecule has 2 rings (SSSR count). The fourth-order valence-electron chi connectivity index (χ4n) is 1.94. The highest BCUT2D eigenvalue weighted by Gasteiger charge is 2.30. The summed E-state index contributed by atoms with van der Waals surface area (Å²) in [5.41, 5.74) is -0.460. The molecule has 19 heavy (non-hydrogen) atoms. The van der Waals surface area contributed by atoms with Crippen molar-refractivity contribution >= 4 is 11.8 Å². The summed E-state index contributed by atoms with van der Waals surface area (Å²) in [5.74, 6) is -0.373. The van der Waals surface area contributed by atoms with Gasteiger partial charge in [-0.1, -0.05) is 24.3 Å². The van der Waals surface area contributed by atoms with E-state index in [4.69, 9.17) is 0 Å². The lowest BCUT2D eigenvalue weighted by Crippen LogP contribution is -2.31. The first-order valence-electron chi connectivity index (χ1n) is 5.84. The Hall–Kier alpha value is -1.36. The van der Waals surface area contributed by atoms with Gasteiger partial charge < -0.3 is 10.2 Å². The lowest BCUT2D eigenvalue weighted by atomic mass is 9.87. The molecule has 100 valence electrons. The molecule has 0 bridgehead atoms. The second-order valence-corrected chi connectivity index (χ2v) is 5.13. The molecule has 2 nitrogen and oxygen atoms in total. The van der Waals surface area contributed by atoms with Crippen molar-refractivity contribution in [2.75, 3.05) is 12.9 Å². The van der Waals surface area contributed by atoms with Crippen molar-refractivity contribution in [3.05, 3.63) is 65.5 Å². The Morgan fingerprint density at radius 2 is 1.47 bits per heavy atom. The first kappa shape index (κ1) is 14.1. The second-order valence-electron chi connectivity index (χ2n) is 4.25. The summed E-state index contributed by atoms with van der Waals surface area (Å²) in [6.45, 7) is -0.461. The number of benzene rings is 2. The van der Waals surface area contributed by atoms with Crippen LogP contribution in [0.25, 0.3) is 0 Å². The smallest absolute Gasteiger partial charge is 0.138 e. The van der Waals surface area contributed by atoms with E-state index in [1.54, 1.807) is 23.9 Å². The fourth-order valence-corrected chi connectivity index (χ4v) is 2.35. The molecule has 0 saturated heterocycles. The van der Waals surface area contributed by atoms with E-state index >= 15 is 0 Å². The number of aliphatic hydroxyl groups is 2. The molecule has 0 aliphatic heterocycles. The Morgan fingerprint density at radius 3 is 1.89 bits per heavy atom. The number of hydrogen-bond acceptors (Lipinski definition) is 3. The minimum atomic E-state index is -1.51. The third-order valence-electron chi connectivity index (χ3n) is 3.12. The standard InChI is InChI=1S/C15H15FO2S/c1-19-14-8-4-12(5-9-14)15(18,10-17)11-2-6-13(16)7-3-11/h2-9,17-18H,10H2,1H3/t15-/m1/s1. The van der Waals surface area contributed by atoms with Crippen LogP contribution in [0.3, 0.4) is 0 Å². The van der Waals surface area contributed by atoms with Crippen LogP contribution in [-0.2, 0) is 5.60 Å². The van der Waals surface area contributed by atoms with Crippen LogP contribution in [0.2, 0.25) is 0 Å². The number of rotatable bonds is 4. The van der Waals surface area contributed by atoms with E-state index in [-0.39, 0.29) is 5.82 Å². The van der Waals surface area contributed by atoms with E-state index < -0.39 is 12.2 Å². The van der Waals surface area contributed by atoms with E-state index in [1.807, 2.05) is 18.4 Å². The van der Waals surface area contributed by atoms with Gasteiger partial charge in [-0.2, -0.15) is 0 Å². The molecule has 0 fully saturated rings. The number of thioether (sulfide) groups is 1. The largest absolute Gasteiger partial charge is 0.393 e. The molecule has 2 aromatic carbocycles. The molecule has 0 saturated carbocycles. The van der Waals surface area contributed by atoms with Gasteiger partial charge in [0.15, 0.2) is 0 Å². The summed E-state index contributed by atoms with van der Waals surface area (Å²) < 4.78 is 12.9. The van der Waals surface area contributed by atoms with Crippen LogP contribution in [0, 0.1) is 5.82 Å². The van der Waals surface area contributed by atoms with Gasteiger partial charge in [-0.25, -0.2) is 4.39 Å². The minimum absolute atomic E-state index is 0.373. The lowest BCUT2D eigenvalue weighted by molar-refractivity contribution is 0.0172. The monoisotopic (exact) mass is 278 g/mol. The fraction of sp³-hybridized carbons (Fsp3) is 0.200. The van der Waals surface area contributed by atoms with E-state index in [0.29, 0.717) is 11.1 Å². The highest BCUT2D eigenvalue weighted by molar-refractivity contribution is 7.98. The normalized spacial score (nSPS) is 14.1. The molecule has 0 heterocycles. The number of hydrogen-bond donors (Lipinski definition) is 2. The molecule has 2 aromatic rings. The summed E-state index contributed by atoms with van der Waals surface area (Å²) >= 11 is 1.60. The molecule has 0 aliphatic carbocycles. The molecule has 0 aliphatic rings. The SMILES string of the molecule is CSc1ccc([C@@](O)(CO)c2ccc(F)cc2)cc1. The van der Waals surface area contributed by atoms with E-state index in [2.05, 4.69) is 0 Å². The van der Waals surface area contributed by atoms with Crippen molar-refractivity contribution in [2.24, 2.45) is 0 Å². The Bertz CT molecular complexity index is 539. The zero-order chi connectivity index (χ0) is 13.9. The van der Waals surface area contributed by atoms with Crippen molar-refractivity contribution in [3.8, 4) is 0 Å². The van der Waals surface area contributed by atoms with Crippen LogP contribution in [0.4, 0.5) is 4.39 Å². The van der Waals surface area contributed by atoms with Gasteiger partial charge in [0.1, 0.15) is 11.4 Å². The predicted octanol–water partition coefficient (Wildman–Crippen LogP) is 2.78. The van der Waals surface area contributed by atoms with Crippen molar-refractivity contribution in [2.45, 2.75) is 10.5 Å². The van der Waals surface area contributed by atoms with Gasteiger partial charge in [0.25, 0.3) is 0 Å². The zero-order valence-corrected chi connectivity index (χ0v) is 11.3. The zero-order valence-electron chi connectivity index (χ0n) is 10.5. The van der Waals surface area contributed by atoms with Gasteiger partial charge in [0.2, 0.25) is 0 Å². The van der Waals surface area contributed by atoms with E-state index in [9.17, 15) is 14.6 Å². The van der Waals surface area contributed by atoms with Crippen LogP contribution < -0.4 is 0 Å². The Balaban J connectivity index is 2.43. The van der Waals surface area contributed by atoms with Crippen molar-refractivity contribution in [1.82, 2.24) is 0 Å². The minimum Gasteiger partial charge on any atom is -0.393 e. The molecular formula is C15H15FO2S. The summed E-state index contributed by atoms with van der Waals surface area (Å²) in [7, 11) is 0. The topological polar surface area (TPSA) is 40.5 Å². The van der Waals surface area contributed by atoms with E-state index in [1.165, 1.54) is 24.3 Å². The average molecular weight is 278 g/mol. The first-order chi connectivity index (χ1) is 9.10. The Kier molecular flexibility index (Phi) is 4.24. The molecule has 0 amide bonds. The first-order valence-corrected chi connectivity index (χ1v) is 7.06. The van der Waals surface area contributed by atoms with Gasteiger partial charge in [0, 0.05) is 4.90 Å². The maximum atomic E-state index is 12.9. The van der Waals surface area contributed by atoms with E-state index in [0.717, 1.165) is 4.90 Å². The van der Waals surface area contributed by atoms with Crippen molar-refractivity contribution < 1.29 is 14.6 Å².